The fraction of sp³-hybridized carbons (Fsp3) is 0.500. The standard InChI is InChI=1S/C16H21NO2S/c1-4-9-17-12-10-11(13(18)5-2)7-8-15(12)20-14(6-3)16(17)19/h7-8,10,14H,4-6,9H2,1-3H3. The van der Waals surface area contributed by atoms with Crippen LogP contribution >= 0.6 is 11.8 Å². The number of ketones is 1. The molecule has 0 fully saturated rings. The first-order valence-electron chi connectivity index (χ1n) is 7.27. The van der Waals surface area contributed by atoms with Crippen LogP contribution in [-0.2, 0) is 4.79 Å². The van der Waals surface area contributed by atoms with E-state index in [2.05, 4.69) is 6.92 Å². The normalized spacial score (nSPS) is 18.1. The molecular weight excluding hydrogens is 270 g/mol. The number of amides is 1. The second-order valence-corrected chi connectivity index (χ2v) is 6.21. The summed E-state index contributed by atoms with van der Waals surface area (Å²) < 4.78 is 0. The van der Waals surface area contributed by atoms with Crippen molar-refractivity contribution in [2.24, 2.45) is 0 Å². The minimum absolute atomic E-state index is 0.00165. The van der Waals surface area contributed by atoms with Crippen molar-refractivity contribution in [3.63, 3.8) is 0 Å². The zero-order valence-electron chi connectivity index (χ0n) is 12.3. The Labute approximate surface area is 124 Å². The first-order chi connectivity index (χ1) is 9.62. The summed E-state index contributed by atoms with van der Waals surface area (Å²) in [7, 11) is 0. The van der Waals surface area contributed by atoms with E-state index in [1.807, 2.05) is 36.9 Å². The van der Waals surface area contributed by atoms with E-state index >= 15 is 0 Å². The largest absolute Gasteiger partial charge is 0.310 e. The Bertz CT molecular complexity index is 527. The van der Waals surface area contributed by atoms with Crippen LogP contribution in [0.4, 0.5) is 5.69 Å². The maximum Gasteiger partial charge on any atom is 0.240 e. The van der Waals surface area contributed by atoms with Crippen molar-refractivity contribution in [1.29, 1.82) is 0 Å². The van der Waals surface area contributed by atoms with Crippen molar-refractivity contribution in [2.45, 2.75) is 50.2 Å². The Kier molecular flexibility index (Phi) is 4.86. The molecule has 20 heavy (non-hydrogen) atoms. The number of hydrogen-bond acceptors (Lipinski definition) is 3. The van der Waals surface area contributed by atoms with Gasteiger partial charge < -0.3 is 4.90 Å². The number of Topliss-reactive ketones (excluding diaryl/α,β-unsaturated/α-hetero) is 1. The van der Waals surface area contributed by atoms with Crippen molar-refractivity contribution in [1.82, 2.24) is 0 Å². The highest BCUT2D eigenvalue weighted by atomic mass is 32.2. The SMILES string of the molecule is CCCN1C(=O)C(CC)Sc2ccc(C(=O)CC)cc21. The quantitative estimate of drug-likeness (QED) is 0.772. The molecule has 108 valence electrons. The third kappa shape index (κ3) is 2.75. The van der Waals surface area contributed by atoms with Gasteiger partial charge in [-0.2, -0.15) is 0 Å². The predicted molar refractivity (Wildman–Crippen MR) is 83.6 cm³/mol. The highest BCUT2D eigenvalue weighted by Crippen LogP contribution is 2.41. The van der Waals surface area contributed by atoms with E-state index in [1.165, 1.54) is 0 Å². The van der Waals surface area contributed by atoms with Crippen LogP contribution in [0.15, 0.2) is 23.1 Å². The number of benzene rings is 1. The molecule has 0 bridgehead atoms. The molecule has 0 radical (unpaired) electrons. The van der Waals surface area contributed by atoms with Gasteiger partial charge in [-0.3, -0.25) is 9.59 Å². The van der Waals surface area contributed by atoms with Gasteiger partial charge in [-0.05, 0) is 25.0 Å². The molecule has 0 aliphatic carbocycles. The fourth-order valence-electron chi connectivity index (χ4n) is 2.41. The molecule has 1 amide bonds. The molecule has 3 nitrogen and oxygen atoms in total. The number of carbonyl (C=O) groups is 2. The zero-order valence-corrected chi connectivity index (χ0v) is 13.1. The Morgan fingerprint density at radius 2 is 2.05 bits per heavy atom. The van der Waals surface area contributed by atoms with Crippen LogP contribution in [0, 0.1) is 0 Å². The Balaban J connectivity index is 2.44. The van der Waals surface area contributed by atoms with Crippen LogP contribution in [0.2, 0.25) is 0 Å². The average Bonchev–Trinajstić information content (AvgIpc) is 2.48. The van der Waals surface area contributed by atoms with Crippen molar-refractivity contribution < 1.29 is 9.59 Å². The van der Waals surface area contributed by atoms with E-state index in [4.69, 9.17) is 0 Å². The number of nitrogens with zero attached hydrogens (tertiary/aromatic N) is 1. The van der Waals surface area contributed by atoms with E-state index in [-0.39, 0.29) is 16.9 Å². The number of rotatable bonds is 5. The molecule has 4 heteroatoms. The third-order valence-corrected chi connectivity index (χ3v) is 4.94. The average molecular weight is 291 g/mol. The van der Waals surface area contributed by atoms with Gasteiger partial charge in [0.15, 0.2) is 5.78 Å². The maximum absolute atomic E-state index is 12.5. The summed E-state index contributed by atoms with van der Waals surface area (Å²) in [4.78, 5) is 27.3. The second kappa shape index (κ2) is 6.44. The van der Waals surface area contributed by atoms with E-state index in [1.54, 1.807) is 11.8 Å². The molecule has 0 saturated heterocycles. The Hall–Kier alpha value is -1.29. The van der Waals surface area contributed by atoms with Crippen LogP contribution in [0.1, 0.15) is 50.4 Å². The van der Waals surface area contributed by atoms with Gasteiger partial charge in [-0.15, -0.1) is 11.8 Å². The van der Waals surface area contributed by atoms with Crippen LogP contribution in [-0.4, -0.2) is 23.5 Å². The highest BCUT2D eigenvalue weighted by Gasteiger charge is 2.32. The first-order valence-corrected chi connectivity index (χ1v) is 8.15. The monoisotopic (exact) mass is 291 g/mol. The maximum atomic E-state index is 12.5. The van der Waals surface area contributed by atoms with Crippen molar-refractivity contribution in [3.05, 3.63) is 23.8 Å². The molecule has 1 atom stereocenters. The van der Waals surface area contributed by atoms with E-state index < -0.39 is 0 Å². The highest BCUT2D eigenvalue weighted by molar-refractivity contribution is 8.01. The Morgan fingerprint density at radius 3 is 2.65 bits per heavy atom. The molecule has 0 saturated carbocycles. The van der Waals surface area contributed by atoms with Crippen LogP contribution < -0.4 is 4.90 Å². The summed E-state index contributed by atoms with van der Waals surface area (Å²) in [5.41, 5.74) is 1.61. The molecule has 1 aliphatic heterocycles. The number of hydrogen-bond donors (Lipinski definition) is 0. The number of fused-ring (bicyclic) bond motifs is 1. The fourth-order valence-corrected chi connectivity index (χ4v) is 3.55. The summed E-state index contributed by atoms with van der Waals surface area (Å²) in [5.74, 6) is 0.298. The van der Waals surface area contributed by atoms with Crippen molar-refractivity contribution in [3.8, 4) is 0 Å². The van der Waals surface area contributed by atoms with Crippen molar-refractivity contribution in [2.75, 3.05) is 11.4 Å². The minimum atomic E-state index is 0.00165. The lowest BCUT2D eigenvalue weighted by atomic mass is 10.1. The van der Waals surface area contributed by atoms with Crippen LogP contribution in [0.3, 0.4) is 0 Å². The summed E-state index contributed by atoms with van der Waals surface area (Å²) in [6.45, 7) is 6.68. The second-order valence-electron chi connectivity index (χ2n) is 4.96. The molecule has 1 unspecified atom stereocenters. The lowest BCUT2D eigenvalue weighted by molar-refractivity contribution is -0.118. The van der Waals surface area contributed by atoms with E-state index in [0.717, 1.165) is 23.4 Å². The molecule has 0 spiro atoms. The number of thioether (sulfide) groups is 1. The van der Waals surface area contributed by atoms with Gasteiger partial charge in [-0.25, -0.2) is 0 Å². The van der Waals surface area contributed by atoms with Gasteiger partial charge in [-0.1, -0.05) is 26.8 Å². The number of anilines is 1. The topological polar surface area (TPSA) is 37.4 Å². The summed E-state index contributed by atoms with van der Waals surface area (Å²) in [6.07, 6.45) is 2.24. The lowest BCUT2D eigenvalue weighted by Crippen LogP contribution is -2.41. The van der Waals surface area contributed by atoms with Crippen LogP contribution in [0.5, 0.6) is 0 Å². The van der Waals surface area contributed by atoms with Gasteiger partial charge in [0.2, 0.25) is 5.91 Å². The molecule has 2 rings (SSSR count). The predicted octanol–water partition coefficient (Wildman–Crippen LogP) is 3.91. The van der Waals surface area contributed by atoms with Crippen molar-refractivity contribution >= 4 is 29.1 Å². The number of carbonyl (C=O) groups excluding carboxylic acids is 2. The Morgan fingerprint density at radius 1 is 1.30 bits per heavy atom. The molecule has 0 aromatic heterocycles. The summed E-state index contributed by atoms with van der Waals surface area (Å²) >= 11 is 1.62. The van der Waals surface area contributed by atoms with Gasteiger partial charge >= 0.3 is 0 Å². The van der Waals surface area contributed by atoms with Gasteiger partial charge in [0.05, 0.1) is 10.9 Å². The van der Waals surface area contributed by atoms with Gasteiger partial charge in [0, 0.05) is 23.4 Å². The smallest absolute Gasteiger partial charge is 0.240 e. The zero-order chi connectivity index (χ0) is 14.7. The third-order valence-electron chi connectivity index (χ3n) is 3.52. The van der Waals surface area contributed by atoms with E-state index in [0.29, 0.717) is 18.5 Å². The van der Waals surface area contributed by atoms with Gasteiger partial charge in [0.1, 0.15) is 0 Å². The molecule has 1 aromatic carbocycles. The van der Waals surface area contributed by atoms with Crippen LogP contribution in [0.25, 0.3) is 0 Å². The molecule has 0 N–H and O–H groups in total. The first kappa shape index (κ1) is 15.1. The molecule has 1 aliphatic rings. The van der Waals surface area contributed by atoms with E-state index in [9.17, 15) is 9.59 Å². The summed E-state index contributed by atoms with van der Waals surface area (Å²) in [6, 6.07) is 5.75. The summed E-state index contributed by atoms with van der Waals surface area (Å²) in [5, 5.41) is 0.00165. The molecular formula is C16H21NO2S. The molecule has 1 heterocycles. The minimum Gasteiger partial charge on any atom is -0.310 e. The lowest BCUT2D eigenvalue weighted by Gasteiger charge is -2.33. The van der Waals surface area contributed by atoms with Gasteiger partial charge in [0.25, 0.3) is 0 Å². The molecule has 1 aromatic rings.